The molecule has 3 heterocycles. The minimum absolute atomic E-state index is 0.0228. The first-order valence-electron chi connectivity index (χ1n) is 7.57. The van der Waals surface area contributed by atoms with Crippen LogP contribution in [-0.2, 0) is 7.05 Å². The van der Waals surface area contributed by atoms with E-state index >= 15 is 0 Å². The fourth-order valence-corrected chi connectivity index (χ4v) is 2.71. The van der Waals surface area contributed by atoms with Crippen molar-refractivity contribution >= 4 is 11.6 Å². The van der Waals surface area contributed by atoms with Gasteiger partial charge in [-0.25, -0.2) is 4.98 Å². The fourth-order valence-electron chi connectivity index (χ4n) is 2.71. The van der Waals surface area contributed by atoms with E-state index in [1.165, 1.54) is 0 Å². The predicted molar refractivity (Wildman–Crippen MR) is 84.9 cm³/mol. The van der Waals surface area contributed by atoms with Gasteiger partial charge in [0.15, 0.2) is 0 Å². The van der Waals surface area contributed by atoms with Gasteiger partial charge in [-0.3, -0.25) is 9.48 Å². The van der Waals surface area contributed by atoms with Crippen LogP contribution < -0.4 is 4.90 Å². The third-order valence-corrected chi connectivity index (χ3v) is 3.94. The largest absolute Gasteiger partial charge is 0.368 e. The van der Waals surface area contributed by atoms with Crippen LogP contribution in [0.3, 0.4) is 0 Å². The summed E-state index contributed by atoms with van der Waals surface area (Å²) >= 11 is 0. The highest BCUT2D eigenvalue weighted by atomic mass is 16.2. The molecule has 7 nitrogen and oxygen atoms in total. The van der Waals surface area contributed by atoms with Gasteiger partial charge in [-0.05, 0) is 24.6 Å². The van der Waals surface area contributed by atoms with E-state index in [0.717, 1.165) is 31.7 Å². The van der Waals surface area contributed by atoms with Gasteiger partial charge in [0.05, 0.1) is 11.9 Å². The monoisotopic (exact) mass is 310 g/mol. The van der Waals surface area contributed by atoms with E-state index in [1.807, 2.05) is 17.0 Å². The van der Waals surface area contributed by atoms with Crippen LogP contribution in [0.15, 0.2) is 30.6 Å². The van der Waals surface area contributed by atoms with Crippen LogP contribution in [0, 0.1) is 11.3 Å². The lowest BCUT2D eigenvalue weighted by atomic mass is 10.3. The second-order valence-electron chi connectivity index (χ2n) is 5.52. The summed E-state index contributed by atoms with van der Waals surface area (Å²) in [5.41, 5.74) is 1.88. The van der Waals surface area contributed by atoms with Gasteiger partial charge in [-0.2, -0.15) is 10.4 Å². The van der Waals surface area contributed by atoms with Gasteiger partial charge in [0.2, 0.25) is 0 Å². The summed E-state index contributed by atoms with van der Waals surface area (Å²) < 4.78 is 1.64. The molecule has 0 bridgehead atoms. The van der Waals surface area contributed by atoms with Crippen molar-refractivity contribution < 1.29 is 4.79 Å². The van der Waals surface area contributed by atoms with Crippen molar-refractivity contribution in [2.75, 3.05) is 31.1 Å². The van der Waals surface area contributed by atoms with Crippen LogP contribution in [0.1, 0.15) is 22.6 Å². The van der Waals surface area contributed by atoms with Crippen LogP contribution in [-0.4, -0.2) is 51.8 Å². The van der Waals surface area contributed by atoms with E-state index in [1.54, 1.807) is 36.3 Å². The molecule has 0 aliphatic carbocycles. The molecule has 1 aliphatic heterocycles. The first-order valence-corrected chi connectivity index (χ1v) is 7.57. The van der Waals surface area contributed by atoms with Gasteiger partial charge in [0, 0.05) is 39.4 Å². The minimum Gasteiger partial charge on any atom is -0.368 e. The molecular weight excluding hydrogens is 292 g/mol. The van der Waals surface area contributed by atoms with Gasteiger partial charge in [-0.15, -0.1) is 0 Å². The van der Waals surface area contributed by atoms with Gasteiger partial charge in [-0.1, -0.05) is 0 Å². The lowest BCUT2D eigenvalue weighted by molar-refractivity contribution is 0.0760. The Morgan fingerprint density at radius 2 is 2.09 bits per heavy atom. The van der Waals surface area contributed by atoms with Crippen molar-refractivity contribution in [3.8, 4) is 6.07 Å². The number of rotatable bonds is 2. The molecule has 1 aliphatic rings. The minimum atomic E-state index is -0.0228. The highest BCUT2D eigenvalue weighted by molar-refractivity contribution is 5.92. The quantitative estimate of drug-likeness (QED) is 0.828. The van der Waals surface area contributed by atoms with Crippen molar-refractivity contribution in [1.82, 2.24) is 19.7 Å². The maximum absolute atomic E-state index is 12.5. The van der Waals surface area contributed by atoms with E-state index in [2.05, 4.69) is 15.0 Å². The predicted octanol–water partition coefficient (Wildman–Crippen LogP) is 1.04. The highest BCUT2D eigenvalue weighted by Crippen LogP contribution is 2.16. The fraction of sp³-hybridized carbons (Fsp3) is 0.375. The van der Waals surface area contributed by atoms with Crippen molar-refractivity contribution in [2.24, 2.45) is 7.05 Å². The lowest BCUT2D eigenvalue weighted by Crippen LogP contribution is -2.35. The molecule has 0 atom stereocenters. The molecule has 1 amide bonds. The molecule has 0 unspecified atom stereocenters. The molecule has 0 spiro atoms. The van der Waals surface area contributed by atoms with Gasteiger partial charge < -0.3 is 9.80 Å². The van der Waals surface area contributed by atoms with E-state index in [9.17, 15) is 4.79 Å². The number of pyridine rings is 1. The number of hydrogen-bond donors (Lipinski definition) is 0. The normalized spacial score (nSPS) is 15.1. The summed E-state index contributed by atoms with van der Waals surface area (Å²) in [6, 6.07) is 7.39. The number of hydrogen-bond acceptors (Lipinski definition) is 5. The Bertz CT molecular complexity index is 730. The number of carbonyl (C=O) groups excluding carboxylic acids is 1. The molecule has 118 valence electrons. The molecule has 0 radical (unpaired) electrons. The molecule has 2 aromatic rings. The number of nitriles is 1. The van der Waals surface area contributed by atoms with Crippen LogP contribution in [0.25, 0.3) is 0 Å². The van der Waals surface area contributed by atoms with Gasteiger partial charge in [0.1, 0.15) is 17.5 Å². The van der Waals surface area contributed by atoms with Crippen LogP contribution >= 0.6 is 0 Å². The molecule has 0 saturated carbocycles. The Morgan fingerprint density at radius 1 is 1.22 bits per heavy atom. The molecule has 23 heavy (non-hydrogen) atoms. The van der Waals surface area contributed by atoms with Gasteiger partial charge in [0.25, 0.3) is 5.91 Å². The smallest absolute Gasteiger partial charge is 0.274 e. The second kappa shape index (κ2) is 6.48. The number of amides is 1. The summed E-state index contributed by atoms with van der Waals surface area (Å²) in [6.45, 7) is 2.97. The molecule has 1 fully saturated rings. The zero-order valence-electron chi connectivity index (χ0n) is 13.0. The van der Waals surface area contributed by atoms with Crippen molar-refractivity contribution in [3.05, 3.63) is 42.0 Å². The topological polar surface area (TPSA) is 78.0 Å². The lowest BCUT2D eigenvalue weighted by Gasteiger charge is -2.23. The van der Waals surface area contributed by atoms with Gasteiger partial charge >= 0.3 is 0 Å². The van der Waals surface area contributed by atoms with E-state index in [-0.39, 0.29) is 5.91 Å². The summed E-state index contributed by atoms with van der Waals surface area (Å²) in [4.78, 5) is 20.6. The number of aryl methyl sites for hydroxylation is 1. The SMILES string of the molecule is Cn1ccc(C(=O)N2CCCN(c3ccc(C#N)nc3)CC2)n1. The summed E-state index contributed by atoms with van der Waals surface area (Å²) in [6.07, 6.45) is 4.38. The first-order chi connectivity index (χ1) is 11.2. The third-order valence-electron chi connectivity index (χ3n) is 3.94. The summed E-state index contributed by atoms with van der Waals surface area (Å²) in [5, 5.41) is 13.0. The molecule has 0 aromatic carbocycles. The van der Waals surface area contributed by atoms with Crippen molar-refractivity contribution in [2.45, 2.75) is 6.42 Å². The molecule has 3 rings (SSSR count). The number of nitrogens with zero attached hydrogens (tertiary/aromatic N) is 6. The van der Waals surface area contributed by atoms with Crippen molar-refractivity contribution in [3.63, 3.8) is 0 Å². The number of carbonyl (C=O) groups is 1. The van der Waals surface area contributed by atoms with Crippen molar-refractivity contribution in [1.29, 1.82) is 5.26 Å². The molecule has 2 aromatic heterocycles. The molecule has 7 heteroatoms. The highest BCUT2D eigenvalue weighted by Gasteiger charge is 2.22. The molecular formula is C16H18N6O. The number of aromatic nitrogens is 3. The van der Waals surface area contributed by atoms with E-state index < -0.39 is 0 Å². The third kappa shape index (κ3) is 3.31. The zero-order valence-corrected chi connectivity index (χ0v) is 13.0. The average Bonchev–Trinajstić information content (AvgIpc) is 2.87. The maximum Gasteiger partial charge on any atom is 0.274 e. The Kier molecular flexibility index (Phi) is 4.24. The van der Waals surface area contributed by atoms with Crippen LogP contribution in [0.2, 0.25) is 0 Å². The Labute approximate surface area is 134 Å². The first kappa shape index (κ1) is 15.0. The standard InChI is InChI=1S/C16H18N6O/c1-20-8-5-15(19-20)16(23)22-7-2-6-21(9-10-22)14-4-3-13(11-17)18-12-14/h3-5,8,12H,2,6-7,9-10H2,1H3. The van der Waals surface area contributed by atoms with E-state index in [4.69, 9.17) is 5.26 Å². The molecule has 1 saturated heterocycles. The Balaban J connectivity index is 1.67. The summed E-state index contributed by atoms with van der Waals surface area (Å²) in [7, 11) is 1.80. The molecule has 0 N–H and O–H groups in total. The second-order valence-corrected chi connectivity index (χ2v) is 5.52. The van der Waals surface area contributed by atoms with Crippen LogP contribution in [0.4, 0.5) is 5.69 Å². The van der Waals surface area contributed by atoms with Crippen LogP contribution in [0.5, 0.6) is 0 Å². The number of anilines is 1. The van der Waals surface area contributed by atoms with E-state index in [0.29, 0.717) is 17.9 Å². The Hall–Kier alpha value is -2.88. The Morgan fingerprint density at radius 3 is 2.74 bits per heavy atom. The summed E-state index contributed by atoms with van der Waals surface area (Å²) in [5.74, 6) is -0.0228. The maximum atomic E-state index is 12.5. The zero-order chi connectivity index (χ0) is 16.2. The average molecular weight is 310 g/mol.